The number of pyridine rings is 1. The van der Waals surface area contributed by atoms with Gasteiger partial charge in [0.1, 0.15) is 0 Å². The van der Waals surface area contributed by atoms with Crippen LogP contribution in [0.1, 0.15) is 25.5 Å². The number of piperidine rings is 1. The van der Waals surface area contributed by atoms with Crippen LogP contribution in [0.2, 0.25) is 5.02 Å². The third-order valence-electron chi connectivity index (χ3n) is 5.34. The van der Waals surface area contributed by atoms with Crippen molar-refractivity contribution < 1.29 is 4.79 Å². The van der Waals surface area contributed by atoms with Gasteiger partial charge in [-0.3, -0.25) is 9.78 Å². The predicted octanol–water partition coefficient (Wildman–Crippen LogP) is 4.38. The second kappa shape index (κ2) is 10.3. The van der Waals surface area contributed by atoms with Crippen LogP contribution in [0.5, 0.6) is 0 Å². The van der Waals surface area contributed by atoms with Crippen LogP contribution in [-0.4, -0.2) is 58.7 Å². The van der Waals surface area contributed by atoms with E-state index >= 15 is 0 Å². The zero-order valence-corrected chi connectivity index (χ0v) is 18.1. The first-order chi connectivity index (χ1) is 13.5. The number of amides is 1. The maximum atomic E-state index is 12.9. The van der Waals surface area contributed by atoms with Gasteiger partial charge in [0.2, 0.25) is 5.91 Å². The van der Waals surface area contributed by atoms with Crippen molar-refractivity contribution in [3.05, 3.63) is 59.4 Å². The molecule has 1 aromatic heterocycles. The van der Waals surface area contributed by atoms with E-state index in [0.717, 1.165) is 54.5 Å². The average Bonchev–Trinajstić information content (AvgIpc) is 2.74. The van der Waals surface area contributed by atoms with E-state index in [-0.39, 0.29) is 11.2 Å². The van der Waals surface area contributed by atoms with E-state index in [4.69, 9.17) is 11.6 Å². The number of nitrogens with zero attached hydrogens (tertiary/aromatic N) is 3. The monoisotopic (exact) mass is 417 g/mol. The molecule has 1 amide bonds. The van der Waals surface area contributed by atoms with Crippen molar-refractivity contribution in [2.45, 2.75) is 42.4 Å². The number of carbonyl (C=O) groups excluding carboxylic acids is 1. The summed E-state index contributed by atoms with van der Waals surface area (Å²) in [5.74, 6) is 0.201. The van der Waals surface area contributed by atoms with E-state index in [0.29, 0.717) is 6.04 Å². The van der Waals surface area contributed by atoms with Gasteiger partial charge in [0.05, 0.1) is 5.25 Å². The van der Waals surface area contributed by atoms with Gasteiger partial charge in [-0.15, -0.1) is 11.8 Å². The molecule has 28 heavy (non-hydrogen) atoms. The molecule has 1 fully saturated rings. The van der Waals surface area contributed by atoms with Gasteiger partial charge in [0.15, 0.2) is 0 Å². The molecular weight excluding hydrogens is 390 g/mol. The molecular formula is C22H28ClN3OS. The summed E-state index contributed by atoms with van der Waals surface area (Å²) >= 11 is 7.53. The Bertz CT molecular complexity index is 748. The lowest BCUT2D eigenvalue weighted by Gasteiger charge is -2.37. The maximum absolute atomic E-state index is 12.9. The molecule has 0 N–H and O–H groups in total. The van der Waals surface area contributed by atoms with Gasteiger partial charge in [-0.25, -0.2) is 0 Å². The first-order valence-electron chi connectivity index (χ1n) is 9.84. The molecule has 1 aliphatic heterocycles. The number of halogens is 1. The van der Waals surface area contributed by atoms with E-state index < -0.39 is 0 Å². The normalized spacial score (nSPS) is 16.7. The van der Waals surface area contributed by atoms with Gasteiger partial charge in [0.25, 0.3) is 0 Å². The standard InChI is InChI=1S/C22H28ClN3OS/c1-17(28-21-8-6-18(23)7-9-21)22(27)25(2)20-11-15-26(16-12-20)14-10-19-5-3-4-13-24-19/h3-9,13,17,20H,10-12,14-16H2,1-2H3. The van der Waals surface area contributed by atoms with Gasteiger partial charge in [0, 0.05) is 61.0 Å². The molecule has 1 unspecified atom stereocenters. The molecule has 0 radical (unpaired) electrons. The number of likely N-dealkylation sites (tertiary alicyclic amines) is 1. The van der Waals surface area contributed by atoms with E-state index in [2.05, 4.69) is 16.0 Å². The number of benzene rings is 1. The third kappa shape index (κ3) is 5.97. The molecule has 150 valence electrons. The summed E-state index contributed by atoms with van der Waals surface area (Å²) < 4.78 is 0. The smallest absolute Gasteiger partial charge is 0.235 e. The molecule has 3 rings (SSSR count). The highest BCUT2D eigenvalue weighted by molar-refractivity contribution is 8.00. The van der Waals surface area contributed by atoms with E-state index in [1.165, 1.54) is 0 Å². The Balaban J connectivity index is 1.44. The number of hydrogen-bond donors (Lipinski definition) is 0. The molecule has 1 aliphatic rings. The molecule has 0 bridgehead atoms. The van der Waals surface area contributed by atoms with Gasteiger partial charge in [-0.05, 0) is 56.2 Å². The molecule has 1 aromatic carbocycles. The number of rotatable bonds is 7. The van der Waals surface area contributed by atoms with Crippen LogP contribution >= 0.6 is 23.4 Å². The highest BCUT2D eigenvalue weighted by Crippen LogP contribution is 2.27. The zero-order chi connectivity index (χ0) is 19.9. The Morgan fingerprint density at radius 3 is 2.61 bits per heavy atom. The Morgan fingerprint density at radius 2 is 1.96 bits per heavy atom. The molecule has 1 atom stereocenters. The molecule has 1 saturated heterocycles. The quantitative estimate of drug-likeness (QED) is 0.626. The predicted molar refractivity (Wildman–Crippen MR) is 117 cm³/mol. The lowest BCUT2D eigenvalue weighted by molar-refractivity contribution is -0.131. The van der Waals surface area contributed by atoms with Crippen LogP contribution in [0.3, 0.4) is 0 Å². The van der Waals surface area contributed by atoms with Crippen molar-refractivity contribution in [2.75, 3.05) is 26.7 Å². The Kier molecular flexibility index (Phi) is 7.77. The fourth-order valence-corrected chi connectivity index (χ4v) is 4.68. The van der Waals surface area contributed by atoms with Crippen molar-refractivity contribution in [1.82, 2.24) is 14.8 Å². The van der Waals surface area contributed by atoms with Gasteiger partial charge in [-0.1, -0.05) is 17.7 Å². The largest absolute Gasteiger partial charge is 0.342 e. The van der Waals surface area contributed by atoms with Crippen molar-refractivity contribution in [3.63, 3.8) is 0 Å². The highest BCUT2D eigenvalue weighted by atomic mass is 35.5. The lowest BCUT2D eigenvalue weighted by atomic mass is 10.0. The minimum atomic E-state index is -0.103. The van der Waals surface area contributed by atoms with Crippen molar-refractivity contribution in [1.29, 1.82) is 0 Å². The molecule has 0 saturated carbocycles. The van der Waals surface area contributed by atoms with Crippen LogP contribution < -0.4 is 0 Å². The Morgan fingerprint density at radius 1 is 1.25 bits per heavy atom. The first-order valence-corrected chi connectivity index (χ1v) is 11.1. The first kappa shape index (κ1) is 21.2. The maximum Gasteiger partial charge on any atom is 0.235 e. The second-order valence-electron chi connectivity index (χ2n) is 7.31. The number of aromatic nitrogens is 1. The van der Waals surface area contributed by atoms with E-state index in [9.17, 15) is 4.79 Å². The zero-order valence-electron chi connectivity index (χ0n) is 16.6. The van der Waals surface area contributed by atoms with E-state index in [1.54, 1.807) is 11.8 Å². The minimum Gasteiger partial charge on any atom is -0.342 e. The van der Waals surface area contributed by atoms with Crippen LogP contribution in [0.15, 0.2) is 53.6 Å². The second-order valence-corrected chi connectivity index (χ2v) is 9.16. The van der Waals surface area contributed by atoms with Crippen LogP contribution in [0.4, 0.5) is 0 Å². The SMILES string of the molecule is CC(Sc1ccc(Cl)cc1)C(=O)N(C)C1CCN(CCc2ccccn2)CC1. The summed E-state index contributed by atoms with van der Waals surface area (Å²) in [5.41, 5.74) is 1.14. The van der Waals surface area contributed by atoms with Gasteiger partial charge >= 0.3 is 0 Å². The minimum absolute atomic E-state index is 0.103. The van der Waals surface area contributed by atoms with Crippen molar-refractivity contribution in [2.24, 2.45) is 0 Å². The molecule has 2 aromatic rings. The summed E-state index contributed by atoms with van der Waals surface area (Å²) in [7, 11) is 1.95. The molecule has 0 spiro atoms. The fraction of sp³-hybridized carbons (Fsp3) is 0.455. The fourth-order valence-electron chi connectivity index (χ4n) is 3.58. The van der Waals surface area contributed by atoms with Crippen molar-refractivity contribution in [3.8, 4) is 0 Å². The molecule has 2 heterocycles. The lowest BCUT2D eigenvalue weighted by Crippen LogP contribution is -2.47. The Hall–Kier alpha value is -1.56. The molecule has 0 aliphatic carbocycles. The van der Waals surface area contributed by atoms with Gasteiger partial charge in [-0.2, -0.15) is 0 Å². The van der Waals surface area contributed by atoms with Crippen LogP contribution in [0, 0.1) is 0 Å². The average molecular weight is 418 g/mol. The summed E-state index contributed by atoms with van der Waals surface area (Å²) in [5, 5.41) is 0.614. The van der Waals surface area contributed by atoms with Crippen molar-refractivity contribution >= 4 is 29.3 Å². The summed E-state index contributed by atoms with van der Waals surface area (Å²) in [4.78, 5) is 22.8. The topological polar surface area (TPSA) is 36.4 Å². The number of hydrogen-bond acceptors (Lipinski definition) is 4. The van der Waals surface area contributed by atoms with Gasteiger partial charge < -0.3 is 9.80 Å². The summed E-state index contributed by atoms with van der Waals surface area (Å²) in [6, 6.07) is 14.1. The summed E-state index contributed by atoms with van der Waals surface area (Å²) in [6.45, 7) is 5.09. The number of carbonyl (C=O) groups is 1. The van der Waals surface area contributed by atoms with Crippen LogP contribution in [-0.2, 0) is 11.2 Å². The Labute approximate surface area is 177 Å². The number of thioether (sulfide) groups is 1. The third-order valence-corrected chi connectivity index (χ3v) is 6.69. The summed E-state index contributed by atoms with van der Waals surface area (Å²) in [6.07, 6.45) is 4.89. The van der Waals surface area contributed by atoms with E-state index in [1.807, 2.05) is 61.5 Å². The van der Waals surface area contributed by atoms with Crippen LogP contribution in [0.25, 0.3) is 0 Å². The molecule has 6 heteroatoms. The molecule has 4 nitrogen and oxygen atoms in total. The highest BCUT2D eigenvalue weighted by Gasteiger charge is 2.28.